The second kappa shape index (κ2) is 9.41. The van der Waals surface area contributed by atoms with Gasteiger partial charge in [0.2, 0.25) is 0 Å². The van der Waals surface area contributed by atoms with E-state index in [9.17, 15) is 9.59 Å². The first-order valence-corrected chi connectivity index (χ1v) is 10.2. The van der Waals surface area contributed by atoms with Crippen molar-refractivity contribution in [1.29, 1.82) is 0 Å². The lowest BCUT2D eigenvalue weighted by Crippen LogP contribution is -2.15. The molecule has 1 heterocycles. The van der Waals surface area contributed by atoms with Crippen LogP contribution in [0.15, 0.2) is 42.5 Å². The summed E-state index contributed by atoms with van der Waals surface area (Å²) >= 11 is 1.37. The average molecular weight is 426 g/mol. The molecule has 0 aliphatic heterocycles. The quantitative estimate of drug-likeness (QED) is 0.580. The van der Waals surface area contributed by atoms with Crippen LogP contribution >= 0.6 is 11.3 Å². The Kier molecular flexibility index (Phi) is 6.68. The molecule has 0 atom stereocenters. The van der Waals surface area contributed by atoms with Gasteiger partial charge in [0.25, 0.3) is 11.8 Å². The van der Waals surface area contributed by atoms with E-state index in [2.05, 4.69) is 15.6 Å². The van der Waals surface area contributed by atoms with Crippen LogP contribution in [0.25, 0.3) is 0 Å². The maximum atomic E-state index is 12.8. The normalized spacial score (nSPS) is 10.4. The van der Waals surface area contributed by atoms with Gasteiger partial charge in [-0.2, -0.15) is 0 Å². The van der Waals surface area contributed by atoms with Crippen LogP contribution in [0.4, 0.5) is 11.4 Å². The van der Waals surface area contributed by atoms with E-state index in [1.165, 1.54) is 25.6 Å². The van der Waals surface area contributed by atoms with E-state index in [0.717, 1.165) is 11.4 Å². The highest BCUT2D eigenvalue weighted by atomic mass is 32.1. The Hall–Kier alpha value is -3.39. The van der Waals surface area contributed by atoms with Crippen LogP contribution in [0.3, 0.4) is 0 Å². The van der Waals surface area contributed by atoms with Crippen molar-refractivity contribution < 1.29 is 19.1 Å². The Morgan fingerprint density at radius 3 is 2.03 bits per heavy atom. The van der Waals surface area contributed by atoms with Gasteiger partial charge in [0.15, 0.2) is 0 Å². The SMILES string of the molecule is CCc1nc(C)c(C(=O)Nc2cc(OC)c(NC(=O)c3ccccc3)cc2OC)s1. The van der Waals surface area contributed by atoms with Crippen molar-refractivity contribution in [2.24, 2.45) is 0 Å². The fourth-order valence-corrected chi connectivity index (χ4v) is 3.77. The number of rotatable bonds is 7. The van der Waals surface area contributed by atoms with Crippen LogP contribution in [0.1, 0.15) is 37.7 Å². The number of carbonyl (C=O) groups excluding carboxylic acids is 2. The van der Waals surface area contributed by atoms with Gasteiger partial charge in [0.1, 0.15) is 16.4 Å². The fraction of sp³-hybridized carbons (Fsp3) is 0.227. The Morgan fingerprint density at radius 2 is 1.53 bits per heavy atom. The van der Waals surface area contributed by atoms with E-state index >= 15 is 0 Å². The molecule has 3 rings (SSSR count). The number of anilines is 2. The van der Waals surface area contributed by atoms with Crippen LogP contribution in [-0.2, 0) is 6.42 Å². The van der Waals surface area contributed by atoms with Gasteiger partial charge >= 0.3 is 0 Å². The first-order chi connectivity index (χ1) is 14.5. The van der Waals surface area contributed by atoms with Crippen LogP contribution < -0.4 is 20.1 Å². The van der Waals surface area contributed by atoms with E-state index in [-0.39, 0.29) is 11.8 Å². The first kappa shape index (κ1) is 21.3. The minimum atomic E-state index is -0.278. The molecule has 0 saturated heterocycles. The van der Waals surface area contributed by atoms with Gasteiger partial charge in [-0.05, 0) is 25.5 Å². The molecule has 0 saturated carbocycles. The molecule has 0 radical (unpaired) electrons. The minimum Gasteiger partial charge on any atom is -0.494 e. The summed E-state index contributed by atoms with van der Waals surface area (Å²) in [7, 11) is 2.99. The number of hydrogen-bond acceptors (Lipinski definition) is 6. The monoisotopic (exact) mass is 425 g/mol. The number of ether oxygens (including phenoxy) is 2. The molecule has 7 nitrogen and oxygen atoms in total. The smallest absolute Gasteiger partial charge is 0.267 e. The van der Waals surface area contributed by atoms with Gasteiger partial charge in [0, 0.05) is 17.7 Å². The number of methoxy groups -OCH3 is 2. The number of nitrogens with one attached hydrogen (secondary N) is 2. The van der Waals surface area contributed by atoms with Crippen LogP contribution in [0.5, 0.6) is 11.5 Å². The van der Waals surface area contributed by atoms with Gasteiger partial charge < -0.3 is 20.1 Å². The molecule has 0 bridgehead atoms. The summed E-state index contributed by atoms with van der Waals surface area (Å²) in [5.74, 6) is 0.238. The number of hydrogen-bond donors (Lipinski definition) is 2. The predicted molar refractivity (Wildman–Crippen MR) is 118 cm³/mol. The Balaban J connectivity index is 1.88. The van der Waals surface area contributed by atoms with Crippen molar-refractivity contribution in [2.45, 2.75) is 20.3 Å². The summed E-state index contributed by atoms with van der Waals surface area (Å²) in [5.41, 5.74) is 2.07. The second-order valence-corrected chi connectivity index (χ2v) is 7.49. The summed E-state index contributed by atoms with van der Waals surface area (Å²) in [5, 5.41) is 6.58. The first-order valence-electron chi connectivity index (χ1n) is 9.36. The average Bonchev–Trinajstić information content (AvgIpc) is 3.15. The molecule has 8 heteroatoms. The van der Waals surface area contributed by atoms with E-state index in [4.69, 9.17) is 9.47 Å². The Morgan fingerprint density at radius 1 is 0.967 bits per heavy atom. The molecule has 2 aromatic carbocycles. The third kappa shape index (κ3) is 4.60. The Bertz CT molecular complexity index is 1060. The number of aryl methyl sites for hydroxylation is 2. The van der Waals surface area contributed by atoms with Gasteiger partial charge in [-0.3, -0.25) is 9.59 Å². The highest BCUT2D eigenvalue weighted by molar-refractivity contribution is 7.13. The van der Waals surface area contributed by atoms with E-state index in [1.807, 2.05) is 19.9 Å². The van der Waals surface area contributed by atoms with E-state index in [0.29, 0.717) is 39.0 Å². The van der Waals surface area contributed by atoms with Crippen LogP contribution in [-0.4, -0.2) is 31.0 Å². The molecule has 0 aliphatic carbocycles. The zero-order valence-electron chi connectivity index (χ0n) is 17.2. The minimum absolute atomic E-state index is 0.272. The molecule has 0 spiro atoms. The number of aromatic nitrogens is 1. The van der Waals surface area contributed by atoms with Crippen molar-refractivity contribution in [2.75, 3.05) is 24.9 Å². The van der Waals surface area contributed by atoms with Crippen molar-refractivity contribution in [3.63, 3.8) is 0 Å². The maximum absolute atomic E-state index is 12.8. The lowest BCUT2D eigenvalue weighted by Gasteiger charge is -2.16. The zero-order chi connectivity index (χ0) is 21.7. The molecular formula is C22H23N3O4S. The van der Waals surface area contributed by atoms with Crippen molar-refractivity contribution >= 4 is 34.5 Å². The zero-order valence-corrected chi connectivity index (χ0v) is 18.1. The molecule has 0 aliphatic rings. The second-order valence-electron chi connectivity index (χ2n) is 6.40. The standard InChI is InChI=1S/C22H23N3O4S/c1-5-19-23-13(2)20(30-19)22(27)25-16-12-17(28-3)15(11-18(16)29-4)24-21(26)14-9-7-6-8-10-14/h6-12H,5H2,1-4H3,(H,24,26)(H,25,27). The third-order valence-electron chi connectivity index (χ3n) is 4.40. The van der Waals surface area contributed by atoms with Crippen molar-refractivity contribution in [3.8, 4) is 11.5 Å². The summed E-state index contributed by atoms with van der Waals surface area (Å²) in [6.45, 7) is 3.81. The summed E-state index contributed by atoms with van der Waals surface area (Å²) in [4.78, 5) is 30.2. The lowest BCUT2D eigenvalue weighted by atomic mass is 10.2. The van der Waals surface area contributed by atoms with E-state index in [1.54, 1.807) is 36.4 Å². The number of nitrogens with zero attached hydrogens (tertiary/aromatic N) is 1. The predicted octanol–water partition coefficient (Wildman–Crippen LogP) is 4.54. The summed E-state index contributed by atoms with van der Waals surface area (Å²) in [6.07, 6.45) is 0.770. The van der Waals surface area contributed by atoms with Crippen LogP contribution in [0, 0.1) is 6.92 Å². The fourth-order valence-electron chi connectivity index (χ4n) is 2.87. The van der Waals surface area contributed by atoms with Gasteiger partial charge in [-0.15, -0.1) is 11.3 Å². The molecule has 3 aromatic rings. The molecule has 156 valence electrons. The van der Waals surface area contributed by atoms with Gasteiger partial charge in [-0.25, -0.2) is 4.98 Å². The molecule has 2 N–H and O–H groups in total. The largest absolute Gasteiger partial charge is 0.494 e. The molecule has 30 heavy (non-hydrogen) atoms. The molecule has 1 aromatic heterocycles. The van der Waals surface area contributed by atoms with Crippen LogP contribution in [0.2, 0.25) is 0 Å². The van der Waals surface area contributed by atoms with Crippen molar-refractivity contribution in [3.05, 3.63) is 63.6 Å². The highest BCUT2D eigenvalue weighted by Gasteiger charge is 2.19. The molecule has 2 amide bonds. The molecule has 0 fully saturated rings. The number of benzene rings is 2. The van der Waals surface area contributed by atoms with Crippen molar-refractivity contribution in [1.82, 2.24) is 4.98 Å². The Labute approximate surface area is 179 Å². The third-order valence-corrected chi connectivity index (χ3v) is 5.70. The lowest BCUT2D eigenvalue weighted by molar-refractivity contribution is 0.101. The summed E-state index contributed by atoms with van der Waals surface area (Å²) < 4.78 is 10.9. The maximum Gasteiger partial charge on any atom is 0.267 e. The number of amides is 2. The topological polar surface area (TPSA) is 89.5 Å². The highest BCUT2D eigenvalue weighted by Crippen LogP contribution is 2.37. The van der Waals surface area contributed by atoms with Gasteiger partial charge in [-0.1, -0.05) is 25.1 Å². The molecular weight excluding hydrogens is 402 g/mol. The number of thiazole rings is 1. The summed E-state index contributed by atoms with van der Waals surface area (Å²) in [6, 6.07) is 12.1. The molecule has 0 unspecified atom stereocenters. The van der Waals surface area contributed by atoms with Gasteiger partial charge in [0.05, 0.1) is 36.3 Å². The van der Waals surface area contributed by atoms with E-state index < -0.39 is 0 Å². The number of carbonyl (C=O) groups is 2.